The summed E-state index contributed by atoms with van der Waals surface area (Å²) in [5.41, 5.74) is -0.567. The zero-order valence-corrected chi connectivity index (χ0v) is 18.8. The van der Waals surface area contributed by atoms with Crippen molar-refractivity contribution in [2.75, 3.05) is 6.61 Å². The first-order valence-corrected chi connectivity index (χ1v) is 11.2. The zero-order valence-electron chi connectivity index (χ0n) is 18.0. The minimum Gasteiger partial charge on any atom is -0.503 e. The Morgan fingerprint density at radius 2 is 2.00 bits per heavy atom. The second-order valence-corrected chi connectivity index (χ2v) is 9.17. The maximum atomic E-state index is 14.0. The van der Waals surface area contributed by atoms with E-state index in [1.165, 1.54) is 16.8 Å². The number of pyridine rings is 1. The molecule has 2 aromatic heterocycles. The molecule has 8 nitrogen and oxygen atoms in total. The van der Waals surface area contributed by atoms with Crippen LogP contribution in [-0.4, -0.2) is 54.5 Å². The number of hydrogen-bond donors (Lipinski definition) is 2. The lowest BCUT2D eigenvalue weighted by molar-refractivity contribution is 0.0460. The number of nitrogens with zero attached hydrogens (tertiary/aromatic N) is 4. The van der Waals surface area contributed by atoms with E-state index in [9.17, 15) is 28.6 Å². The number of aliphatic hydroxyl groups is 1. The van der Waals surface area contributed by atoms with E-state index in [1.54, 1.807) is 4.90 Å². The van der Waals surface area contributed by atoms with Crippen LogP contribution in [-0.2, 0) is 13.0 Å². The summed E-state index contributed by atoms with van der Waals surface area (Å²) in [6.07, 6.45) is 1.86. The SMILES string of the molecule is CC(C)N1C(=O)c2c(O)c(=O)c(-c3nnc(Cc4ccc(F)cc4F)s3)cn2CC1CCO. The molecular formula is C22H22F2N4O4S. The van der Waals surface area contributed by atoms with Gasteiger partial charge >= 0.3 is 0 Å². The normalized spacial score (nSPS) is 15.9. The molecule has 33 heavy (non-hydrogen) atoms. The van der Waals surface area contributed by atoms with Gasteiger partial charge in [0.15, 0.2) is 16.5 Å². The van der Waals surface area contributed by atoms with Crippen LogP contribution in [0, 0.1) is 11.6 Å². The number of amides is 1. The van der Waals surface area contributed by atoms with Crippen molar-refractivity contribution in [3.63, 3.8) is 0 Å². The number of benzene rings is 1. The van der Waals surface area contributed by atoms with Crippen molar-refractivity contribution in [3.8, 4) is 16.3 Å². The molecule has 11 heteroatoms. The molecule has 2 N–H and O–H groups in total. The molecule has 0 saturated heterocycles. The number of aromatic hydroxyl groups is 1. The smallest absolute Gasteiger partial charge is 0.275 e. The van der Waals surface area contributed by atoms with Crippen molar-refractivity contribution in [1.82, 2.24) is 19.7 Å². The van der Waals surface area contributed by atoms with Gasteiger partial charge in [-0.1, -0.05) is 17.4 Å². The molecule has 3 heterocycles. The van der Waals surface area contributed by atoms with E-state index < -0.39 is 28.7 Å². The Bertz CT molecular complexity index is 1270. The van der Waals surface area contributed by atoms with Crippen molar-refractivity contribution in [2.24, 2.45) is 0 Å². The Hall–Kier alpha value is -3.18. The van der Waals surface area contributed by atoms with Crippen LogP contribution in [0.2, 0.25) is 0 Å². The van der Waals surface area contributed by atoms with Gasteiger partial charge < -0.3 is 19.7 Å². The summed E-state index contributed by atoms with van der Waals surface area (Å²) in [5, 5.41) is 28.7. The molecule has 1 aliphatic heterocycles. The molecule has 174 valence electrons. The zero-order chi connectivity index (χ0) is 23.9. The monoisotopic (exact) mass is 476 g/mol. The third-order valence-electron chi connectivity index (χ3n) is 5.57. The topological polar surface area (TPSA) is 109 Å². The summed E-state index contributed by atoms with van der Waals surface area (Å²) in [4.78, 5) is 27.5. The van der Waals surface area contributed by atoms with E-state index in [1.807, 2.05) is 13.8 Å². The Morgan fingerprint density at radius 1 is 1.24 bits per heavy atom. The number of aromatic nitrogens is 3. The van der Waals surface area contributed by atoms with Gasteiger partial charge in [-0.2, -0.15) is 0 Å². The van der Waals surface area contributed by atoms with Crippen molar-refractivity contribution in [1.29, 1.82) is 0 Å². The van der Waals surface area contributed by atoms with Gasteiger partial charge in [0.05, 0.1) is 11.6 Å². The highest BCUT2D eigenvalue weighted by Gasteiger charge is 2.37. The molecule has 0 saturated carbocycles. The lowest BCUT2D eigenvalue weighted by Gasteiger charge is -2.40. The van der Waals surface area contributed by atoms with Crippen molar-refractivity contribution >= 4 is 17.2 Å². The van der Waals surface area contributed by atoms with Crippen LogP contribution in [0.3, 0.4) is 0 Å². The van der Waals surface area contributed by atoms with E-state index in [0.717, 1.165) is 23.5 Å². The number of carbonyl (C=O) groups is 1. The first-order valence-electron chi connectivity index (χ1n) is 10.4. The van der Waals surface area contributed by atoms with Crippen molar-refractivity contribution in [3.05, 3.63) is 62.5 Å². The van der Waals surface area contributed by atoms with Crippen LogP contribution >= 0.6 is 11.3 Å². The molecule has 1 unspecified atom stereocenters. The molecule has 1 amide bonds. The van der Waals surface area contributed by atoms with Crippen molar-refractivity contribution < 1.29 is 23.8 Å². The molecule has 3 aromatic rings. The molecule has 1 aliphatic rings. The third kappa shape index (κ3) is 4.25. The molecule has 0 radical (unpaired) electrons. The Morgan fingerprint density at radius 3 is 2.67 bits per heavy atom. The second-order valence-electron chi connectivity index (χ2n) is 8.11. The number of fused-ring (bicyclic) bond motifs is 1. The summed E-state index contributed by atoms with van der Waals surface area (Å²) in [5.74, 6) is -2.55. The molecular weight excluding hydrogens is 454 g/mol. The Balaban J connectivity index is 1.71. The maximum Gasteiger partial charge on any atom is 0.275 e. The van der Waals surface area contributed by atoms with Crippen LogP contribution in [0.25, 0.3) is 10.6 Å². The lowest BCUT2D eigenvalue weighted by Crippen LogP contribution is -2.52. The summed E-state index contributed by atoms with van der Waals surface area (Å²) < 4.78 is 28.6. The predicted octanol–water partition coefficient (Wildman–Crippen LogP) is 2.56. The van der Waals surface area contributed by atoms with E-state index in [-0.39, 0.29) is 53.5 Å². The fourth-order valence-corrected chi connectivity index (χ4v) is 4.94. The van der Waals surface area contributed by atoms with Gasteiger partial charge in [-0.05, 0) is 31.9 Å². The quantitative estimate of drug-likeness (QED) is 0.566. The van der Waals surface area contributed by atoms with Gasteiger partial charge in [0.25, 0.3) is 5.91 Å². The first-order chi connectivity index (χ1) is 15.7. The van der Waals surface area contributed by atoms with Crippen molar-refractivity contribution in [2.45, 2.75) is 45.3 Å². The highest BCUT2D eigenvalue weighted by Crippen LogP contribution is 2.30. The minimum atomic E-state index is -0.755. The predicted molar refractivity (Wildman–Crippen MR) is 117 cm³/mol. The van der Waals surface area contributed by atoms with Gasteiger partial charge in [-0.15, -0.1) is 10.2 Å². The molecule has 0 fully saturated rings. The molecule has 0 spiro atoms. The van der Waals surface area contributed by atoms with E-state index in [0.29, 0.717) is 11.4 Å². The number of carbonyl (C=O) groups excluding carboxylic acids is 1. The molecule has 1 atom stereocenters. The first kappa shape index (κ1) is 23.0. The van der Waals surface area contributed by atoms with Crippen LogP contribution in [0.15, 0.2) is 29.2 Å². The number of hydrogen-bond acceptors (Lipinski definition) is 7. The largest absolute Gasteiger partial charge is 0.503 e. The molecule has 0 bridgehead atoms. The van der Waals surface area contributed by atoms with Gasteiger partial charge in [0.1, 0.15) is 16.6 Å². The van der Waals surface area contributed by atoms with Crippen LogP contribution in [0.4, 0.5) is 8.78 Å². The van der Waals surface area contributed by atoms with Gasteiger partial charge in [-0.25, -0.2) is 8.78 Å². The molecule has 1 aromatic carbocycles. The Labute approximate surface area is 191 Å². The van der Waals surface area contributed by atoms with Gasteiger partial charge in [0.2, 0.25) is 5.43 Å². The van der Waals surface area contributed by atoms with E-state index >= 15 is 0 Å². The summed E-state index contributed by atoms with van der Waals surface area (Å²) in [6, 6.07) is 2.75. The summed E-state index contributed by atoms with van der Waals surface area (Å²) in [6.45, 7) is 3.82. The molecule has 4 rings (SSSR count). The van der Waals surface area contributed by atoms with E-state index in [4.69, 9.17) is 0 Å². The maximum absolute atomic E-state index is 14.0. The van der Waals surface area contributed by atoms with Crippen LogP contribution < -0.4 is 5.43 Å². The summed E-state index contributed by atoms with van der Waals surface area (Å²) >= 11 is 1.04. The van der Waals surface area contributed by atoms with Gasteiger partial charge in [-0.3, -0.25) is 9.59 Å². The van der Waals surface area contributed by atoms with Crippen LogP contribution in [0.1, 0.15) is 41.3 Å². The average molecular weight is 477 g/mol. The number of rotatable bonds is 6. The number of halogens is 2. The standard InChI is InChI=1S/C22H22F2N4O4S/c1-11(2)28-14(5-6-29)9-27-10-15(19(30)20(31)18(27)22(28)32)21-26-25-17(33-21)7-12-3-4-13(23)8-16(12)24/h3-4,8,10-11,14,29,31H,5-7,9H2,1-2H3. The second kappa shape index (κ2) is 8.99. The number of aliphatic hydroxyl groups excluding tert-OH is 1. The fourth-order valence-electron chi connectivity index (χ4n) is 4.07. The highest BCUT2D eigenvalue weighted by molar-refractivity contribution is 7.14. The van der Waals surface area contributed by atoms with E-state index in [2.05, 4.69) is 10.2 Å². The molecule has 0 aliphatic carbocycles. The third-order valence-corrected chi connectivity index (χ3v) is 6.52. The van der Waals surface area contributed by atoms with Crippen LogP contribution in [0.5, 0.6) is 5.75 Å². The highest BCUT2D eigenvalue weighted by atomic mass is 32.1. The van der Waals surface area contributed by atoms with Gasteiger partial charge in [0, 0.05) is 37.9 Å². The lowest BCUT2D eigenvalue weighted by atomic mass is 10.0. The average Bonchev–Trinajstić information content (AvgIpc) is 3.20. The minimum absolute atomic E-state index is 0.0580. The Kier molecular flexibility index (Phi) is 6.26. The fraction of sp³-hybridized carbons (Fsp3) is 0.364. The summed E-state index contributed by atoms with van der Waals surface area (Å²) in [7, 11) is 0.